The number of benzene rings is 3. The van der Waals surface area contributed by atoms with Crippen molar-refractivity contribution in [2.45, 2.75) is 11.5 Å². The molecule has 0 aromatic heterocycles. The fourth-order valence-electron chi connectivity index (χ4n) is 3.33. The van der Waals surface area contributed by atoms with Crippen LogP contribution >= 0.6 is 58.9 Å². The predicted molar refractivity (Wildman–Crippen MR) is 148 cm³/mol. The number of para-hydroxylation sites is 1. The van der Waals surface area contributed by atoms with Gasteiger partial charge in [0.25, 0.3) is 5.91 Å². The summed E-state index contributed by atoms with van der Waals surface area (Å²) in [6.45, 7) is 0.208. The van der Waals surface area contributed by atoms with Crippen LogP contribution in [-0.2, 0) is 11.4 Å². The maximum atomic E-state index is 13.3. The van der Waals surface area contributed by atoms with Crippen molar-refractivity contribution in [2.24, 2.45) is 0 Å². The second-order valence-corrected chi connectivity index (χ2v) is 10.5. The molecule has 1 aliphatic heterocycles. The summed E-state index contributed by atoms with van der Waals surface area (Å²) >= 11 is 20.7. The monoisotopic (exact) mass is 547 g/mol. The van der Waals surface area contributed by atoms with Gasteiger partial charge in [0.05, 0.1) is 17.7 Å². The predicted octanol–water partition coefficient (Wildman–Crippen LogP) is 7.71. The Labute approximate surface area is 222 Å². The first-order valence-corrected chi connectivity index (χ1v) is 13.3. The van der Waals surface area contributed by atoms with Crippen LogP contribution in [0.3, 0.4) is 0 Å². The lowest BCUT2D eigenvalue weighted by atomic mass is 10.1. The molecule has 0 aliphatic carbocycles. The molecule has 4 nitrogen and oxygen atoms in total. The number of carbonyl (C=O) groups is 1. The number of methoxy groups -OCH3 is 1. The normalized spacial score (nSPS) is 14.7. The Balaban J connectivity index is 1.64. The number of thioether (sulfide) groups is 2. The van der Waals surface area contributed by atoms with Crippen molar-refractivity contribution < 1.29 is 14.3 Å². The molecule has 4 rings (SSSR count). The van der Waals surface area contributed by atoms with Gasteiger partial charge in [-0.1, -0.05) is 71.4 Å². The number of hydrogen-bond acceptors (Lipinski definition) is 6. The zero-order valence-corrected chi connectivity index (χ0v) is 22.2. The molecule has 1 aliphatic rings. The molecular weight excluding hydrogens is 529 g/mol. The smallest absolute Gasteiger partial charge is 0.270 e. The third-order valence-electron chi connectivity index (χ3n) is 5.01. The van der Waals surface area contributed by atoms with E-state index in [0.29, 0.717) is 36.3 Å². The molecule has 9 heteroatoms. The Morgan fingerprint density at radius 3 is 2.65 bits per heavy atom. The van der Waals surface area contributed by atoms with Crippen LogP contribution in [0.4, 0.5) is 5.69 Å². The number of hydrogen-bond donors (Lipinski definition) is 0. The minimum atomic E-state index is -0.178. The van der Waals surface area contributed by atoms with Crippen molar-refractivity contribution in [1.29, 1.82) is 0 Å². The summed E-state index contributed by atoms with van der Waals surface area (Å²) in [5, 5.41) is 1.06. The van der Waals surface area contributed by atoms with E-state index < -0.39 is 0 Å². The van der Waals surface area contributed by atoms with Crippen molar-refractivity contribution in [3.8, 4) is 11.5 Å². The van der Waals surface area contributed by atoms with E-state index in [9.17, 15) is 4.79 Å². The van der Waals surface area contributed by atoms with E-state index in [-0.39, 0.29) is 12.5 Å². The van der Waals surface area contributed by atoms with Crippen LogP contribution in [0.5, 0.6) is 11.5 Å². The summed E-state index contributed by atoms with van der Waals surface area (Å²) in [6.07, 6.45) is 3.77. The van der Waals surface area contributed by atoms with Gasteiger partial charge in [0.1, 0.15) is 6.61 Å². The van der Waals surface area contributed by atoms with Gasteiger partial charge < -0.3 is 9.47 Å². The molecule has 0 N–H and O–H groups in total. The number of thiocarbonyl (C=S) groups is 1. The van der Waals surface area contributed by atoms with Crippen molar-refractivity contribution >= 4 is 80.9 Å². The topological polar surface area (TPSA) is 38.8 Å². The first-order chi connectivity index (χ1) is 16.4. The molecule has 0 bridgehead atoms. The molecular formula is C25H19Cl2NO3S3. The Morgan fingerprint density at radius 1 is 1.12 bits per heavy atom. The standard InChI is InChI=1S/C25H19Cl2NO3S3/c1-30-21-8-3-5-15(23(21)31-14-16-9-10-17(26)12-20(16)27)11-22-24(29)28(25(32)34-22)18-6-4-7-19(13-18)33-2/h3-13H,14H2,1-2H3/b22-11+. The number of carbonyl (C=O) groups excluding carboxylic acids is 1. The van der Waals surface area contributed by atoms with Gasteiger partial charge >= 0.3 is 0 Å². The largest absolute Gasteiger partial charge is 0.493 e. The molecule has 0 atom stereocenters. The zero-order chi connectivity index (χ0) is 24.2. The van der Waals surface area contributed by atoms with Crippen molar-refractivity contribution in [3.05, 3.63) is 86.7 Å². The van der Waals surface area contributed by atoms with E-state index in [0.717, 1.165) is 16.1 Å². The molecule has 3 aromatic rings. The van der Waals surface area contributed by atoms with Gasteiger partial charge in [-0.05, 0) is 48.7 Å². The lowest BCUT2D eigenvalue weighted by Crippen LogP contribution is -2.27. The first-order valence-electron chi connectivity index (χ1n) is 10.1. The van der Waals surface area contributed by atoms with Gasteiger partial charge in [-0.2, -0.15) is 0 Å². The highest BCUT2D eigenvalue weighted by molar-refractivity contribution is 8.27. The van der Waals surface area contributed by atoms with E-state index in [1.165, 1.54) is 11.8 Å². The van der Waals surface area contributed by atoms with E-state index in [1.807, 2.05) is 48.7 Å². The highest BCUT2D eigenvalue weighted by Crippen LogP contribution is 2.40. The number of nitrogens with zero attached hydrogens (tertiary/aromatic N) is 1. The molecule has 1 amide bonds. The van der Waals surface area contributed by atoms with E-state index in [2.05, 4.69) is 0 Å². The lowest BCUT2D eigenvalue weighted by Gasteiger charge is -2.15. The average Bonchev–Trinajstić information content (AvgIpc) is 3.11. The van der Waals surface area contributed by atoms with E-state index in [1.54, 1.807) is 48.0 Å². The van der Waals surface area contributed by atoms with Gasteiger partial charge in [-0.15, -0.1) is 11.8 Å². The summed E-state index contributed by atoms with van der Waals surface area (Å²) < 4.78 is 12.1. The highest BCUT2D eigenvalue weighted by Gasteiger charge is 2.33. The zero-order valence-electron chi connectivity index (χ0n) is 18.2. The summed E-state index contributed by atoms with van der Waals surface area (Å²) in [7, 11) is 1.57. The second kappa shape index (κ2) is 11.1. The summed E-state index contributed by atoms with van der Waals surface area (Å²) in [5.74, 6) is 0.871. The lowest BCUT2D eigenvalue weighted by molar-refractivity contribution is -0.113. The molecule has 3 aromatic carbocycles. The molecule has 0 spiro atoms. The van der Waals surface area contributed by atoms with Crippen LogP contribution in [0, 0.1) is 0 Å². The minimum absolute atomic E-state index is 0.178. The molecule has 0 saturated carbocycles. The van der Waals surface area contributed by atoms with Crippen LogP contribution in [0.2, 0.25) is 10.0 Å². The molecule has 1 fully saturated rings. The van der Waals surface area contributed by atoms with Crippen LogP contribution in [0.15, 0.2) is 70.5 Å². The van der Waals surface area contributed by atoms with Crippen LogP contribution in [0.1, 0.15) is 11.1 Å². The molecule has 1 heterocycles. The summed E-state index contributed by atoms with van der Waals surface area (Å²) in [6, 6.07) is 18.5. The molecule has 34 heavy (non-hydrogen) atoms. The van der Waals surface area contributed by atoms with E-state index in [4.69, 9.17) is 44.9 Å². The molecule has 174 valence electrons. The van der Waals surface area contributed by atoms with Gasteiger partial charge in [-0.25, -0.2) is 0 Å². The van der Waals surface area contributed by atoms with Gasteiger partial charge in [-0.3, -0.25) is 9.69 Å². The number of ether oxygens (including phenoxy) is 2. The van der Waals surface area contributed by atoms with E-state index >= 15 is 0 Å². The molecule has 0 radical (unpaired) electrons. The first kappa shape index (κ1) is 24.9. The Morgan fingerprint density at radius 2 is 1.91 bits per heavy atom. The van der Waals surface area contributed by atoms with Crippen molar-refractivity contribution in [1.82, 2.24) is 0 Å². The van der Waals surface area contributed by atoms with Gasteiger partial charge in [0.2, 0.25) is 0 Å². The van der Waals surface area contributed by atoms with Crippen LogP contribution < -0.4 is 14.4 Å². The molecule has 0 unspecified atom stereocenters. The second-order valence-electron chi connectivity index (χ2n) is 7.12. The maximum absolute atomic E-state index is 13.3. The quantitative estimate of drug-likeness (QED) is 0.171. The van der Waals surface area contributed by atoms with Gasteiger partial charge in [0, 0.05) is 26.1 Å². The van der Waals surface area contributed by atoms with Crippen LogP contribution in [-0.4, -0.2) is 23.6 Å². The Hall–Kier alpha value is -2.16. The fourth-order valence-corrected chi connectivity index (χ4v) is 5.54. The maximum Gasteiger partial charge on any atom is 0.270 e. The third-order valence-corrected chi connectivity index (χ3v) is 7.62. The molecule has 1 saturated heterocycles. The van der Waals surface area contributed by atoms with Crippen LogP contribution in [0.25, 0.3) is 6.08 Å². The minimum Gasteiger partial charge on any atom is -0.493 e. The highest BCUT2D eigenvalue weighted by atomic mass is 35.5. The average molecular weight is 549 g/mol. The number of rotatable bonds is 7. The number of halogens is 2. The number of amides is 1. The third kappa shape index (κ3) is 5.39. The Bertz CT molecular complexity index is 1300. The van der Waals surface area contributed by atoms with Crippen molar-refractivity contribution in [2.75, 3.05) is 18.3 Å². The van der Waals surface area contributed by atoms with Gasteiger partial charge in [0.15, 0.2) is 15.8 Å². The van der Waals surface area contributed by atoms with Crippen molar-refractivity contribution in [3.63, 3.8) is 0 Å². The number of anilines is 1. The SMILES string of the molecule is COc1cccc(/C=C2/SC(=S)N(c3cccc(SC)c3)C2=O)c1OCc1ccc(Cl)cc1Cl. The fraction of sp³-hybridized carbons (Fsp3) is 0.120. The summed E-state index contributed by atoms with van der Waals surface area (Å²) in [5.41, 5.74) is 2.22. The Kier molecular flexibility index (Phi) is 8.11. The summed E-state index contributed by atoms with van der Waals surface area (Å²) in [4.78, 5) is 16.4.